The number of Topliss-reactive ketones (excluding diaryl/α,β-unsaturated/α-hetero) is 1. The Morgan fingerprint density at radius 1 is 1.11 bits per heavy atom. The first-order valence-corrected chi connectivity index (χ1v) is 13.0. The van der Waals surface area contributed by atoms with E-state index in [9.17, 15) is 9.59 Å². The van der Waals surface area contributed by atoms with E-state index >= 15 is 0 Å². The highest BCUT2D eigenvalue weighted by Crippen LogP contribution is 2.43. The topological polar surface area (TPSA) is 94.1 Å². The largest absolute Gasteiger partial charge is 0.353 e. The summed E-state index contributed by atoms with van der Waals surface area (Å²) >= 11 is 0. The lowest BCUT2D eigenvalue weighted by atomic mass is 9.87. The molecule has 3 heterocycles. The van der Waals surface area contributed by atoms with E-state index in [1.165, 1.54) is 5.56 Å². The fourth-order valence-electron chi connectivity index (χ4n) is 5.36. The van der Waals surface area contributed by atoms with Crippen molar-refractivity contribution in [3.05, 3.63) is 52.5 Å². The summed E-state index contributed by atoms with van der Waals surface area (Å²) in [6.07, 6.45) is 3.26. The second-order valence-corrected chi connectivity index (χ2v) is 11.0. The normalized spacial score (nSPS) is 19.9. The Morgan fingerprint density at radius 2 is 1.89 bits per heavy atom. The Bertz CT molecular complexity index is 1290. The highest BCUT2D eigenvalue weighted by molar-refractivity contribution is 5.86. The van der Waals surface area contributed by atoms with Crippen LogP contribution in [0.4, 0.5) is 0 Å². The van der Waals surface area contributed by atoms with E-state index in [1.54, 1.807) is 11.8 Å². The van der Waals surface area contributed by atoms with Gasteiger partial charge in [-0.25, -0.2) is 0 Å². The third kappa shape index (κ3) is 4.86. The summed E-state index contributed by atoms with van der Waals surface area (Å²) in [5.74, 6) is 2.11. The van der Waals surface area contributed by atoms with Crippen molar-refractivity contribution in [2.75, 3.05) is 13.1 Å². The molecule has 1 saturated heterocycles. The van der Waals surface area contributed by atoms with Gasteiger partial charge in [0.2, 0.25) is 17.5 Å². The van der Waals surface area contributed by atoms with Gasteiger partial charge >= 0.3 is 0 Å². The van der Waals surface area contributed by atoms with Gasteiger partial charge < -0.3 is 14.0 Å². The van der Waals surface area contributed by atoms with Crippen molar-refractivity contribution in [1.29, 1.82) is 0 Å². The van der Waals surface area contributed by atoms with Crippen molar-refractivity contribution >= 4 is 11.7 Å². The van der Waals surface area contributed by atoms with Crippen molar-refractivity contribution in [1.82, 2.24) is 24.8 Å². The van der Waals surface area contributed by atoms with Gasteiger partial charge in [-0.3, -0.25) is 9.59 Å². The fraction of sp³-hybridized carbons (Fsp3) is 0.536. The number of amides is 1. The van der Waals surface area contributed by atoms with Gasteiger partial charge in [-0.1, -0.05) is 42.8 Å². The molecule has 2 aromatic heterocycles. The summed E-state index contributed by atoms with van der Waals surface area (Å²) in [4.78, 5) is 27.8. The first kappa shape index (κ1) is 24.4. The molecule has 0 radical (unpaired) electrons. The van der Waals surface area contributed by atoms with Gasteiger partial charge in [0.05, 0.1) is 5.69 Å². The zero-order valence-corrected chi connectivity index (χ0v) is 21.8. The van der Waals surface area contributed by atoms with E-state index < -0.39 is 0 Å². The van der Waals surface area contributed by atoms with Crippen molar-refractivity contribution in [3.63, 3.8) is 0 Å². The van der Waals surface area contributed by atoms with Crippen LogP contribution in [0, 0.1) is 25.7 Å². The summed E-state index contributed by atoms with van der Waals surface area (Å²) in [5.41, 5.74) is 4.23. The number of rotatable bonds is 8. The monoisotopic (exact) mass is 489 g/mol. The molecular weight excluding hydrogens is 454 g/mol. The molecule has 1 aliphatic heterocycles. The first-order chi connectivity index (χ1) is 17.2. The van der Waals surface area contributed by atoms with Gasteiger partial charge in [0.25, 0.3) is 0 Å². The standard InChI is InChI=1S/C28H35N5O3/c1-16(2)10-21-13-26(36-31-21)28-30-29-27(33(28)22-8-9-22)24-15-32(19(5)34)14-23(24)25(35)12-20-7-6-17(3)11-18(20)4/h6-7,11,13,16,22-24H,8-10,12,14-15H2,1-5H3/t23-,24-/m0/s1. The van der Waals surface area contributed by atoms with Crippen LogP contribution < -0.4 is 0 Å². The molecule has 3 aromatic rings. The lowest BCUT2D eigenvalue weighted by Gasteiger charge is -2.18. The molecule has 36 heavy (non-hydrogen) atoms. The number of hydrogen-bond donors (Lipinski definition) is 0. The van der Waals surface area contributed by atoms with E-state index in [1.807, 2.05) is 25.1 Å². The second-order valence-electron chi connectivity index (χ2n) is 11.0. The van der Waals surface area contributed by atoms with Gasteiger partial charge in [-0.2, -0.15) is 0 Å². The van der Waals surface area contributed by atoms with Gasteiger partial charge in [-0.05, 0) is 50.2 Å². The van der Waals surface area contributed by atoms with Crippen molar-refractivity contribution in [2.24, 2.45) is 11.8 Å². The molecule has 0 spiro atoms. The molecule has 1 saturated carbocycles. The molecule has 1 aliphatic carbocycles. The molecule has 190 valence electrons. The lowest BCUT2D eigenvalue weighted by Crippen LogP contribution is -2.28. The molecule has 1 amide bonds. The molecule has 2 atom stereocenters. The Balaban J connectivity index is 1.47. The third-order valence-electron chi connectivity index (χ3n) is 7.40. The highest BCUT2D eigenvalue weighted by atomic mass is 16.5. The van der Waals surface area contributed by atoms with Crippen LogP contribution in [0.1, 0.15) is 73.8 Å². The molecule has 2 fully saturated rings. The van der Waals surface area contributed by atoms with Crippen LogP contribution in [0.3, 0.4) is 0 Å². The maximum absolute atomic E-state index is 13.7. The summed E-state index contributed by atoms with van der Waals surface area (Å²) < 4.78 is 7.82. The minimum absolute atomic E-state index is 0.0203. The maximum Gasteiger partial charge on any atom is 0.219 e. The number of benzene rings is 1. The average molecular weight is 490 g/mol. The first-order valence-electron chi connectivity index (χ1n) is 13.0. The van der Waals surface area contributed by atoms with Crippen molar-refractivity contribution in [3.8, 4) is 11.6 Å². The van der Waals surface area contributed by atoms with Crippen molar-refractivity contribution < 1.29 is 14.1 Å². The third-order valence-corrected chi connectivity index (χ3v) is 7.40. The predicted molar refractivity (Wildman–Crippen MR) is 135 cm³/mol. The van der Waals surface area contributed by atoms with Crippen LogP contribution in [0.2, 0.25) is 0 Å². The SMILES string of the molecule is CC(=O)N1C[C@H](C(=O)Cc2ccc(C)cc2C)[C@@H](c2nnc(-c3cc(CC(C)C)no3)n2C2CC2)C1. The maximum atomic E-state index is 13.7. The van der Waals surface area contributed by atoms with E-state index in [-0.39, 0.29) is 29.6 Å². The van der Waals surface area contributed by atoms with E-state index in [4.69, 9.17) is 4.52 Å². The van der Waals surface area contributed by atoms with Crippen LogP contribution in [0.15, 0.2) is 28.8 Å². The van der Waals surface area contributed by atoms with E-state index in [0.717, 1.165) is 41.9 Å². The molecule has 8 nitrogen and oxygen atoms in total. The summed E-state index contributed by atoms with van der Waals surface area (Å²) in [6.45, 7) is 10.8. The molecule has 0 N–H and O–H groups in total. The van der Waals surface area contributed by atoms with E-state index in [0.29, 0.717) is 37.0 Å². The number of aryl methyl sites for hydroxylation is 2. The average Bonchev–Trinajstić information content (AvgIpc) is 3.20. The Morgan fingerprint density at radius 3 is 2.56 bits per heavy atom. The Labute approximate surface area is 212 Å². The summed E-state index contributed by atoms with van der Waals surface area (Å²) in [6, 6.07) is 8.43. The molecule has 5 rings (SSSR count). The van der Waals surface area contributed by atoms with E-state index in [2.05, 4.69) is 46.8 Å². The Hall–Kier alpha value is -3.29. The zero-order chi connectivity index (χ0) is 25.6. The smallest absolute Gasteiger partial charge is 0.219 e. The number of aromatic nitrogens is 4. The van der Waals surface area contributed by atoms with Gasteiger partial charge in [-0.15, -0.1) is 10.2 Å². The second kappa shape index (κ2) is 9.64. The number of nitrogens with zero attached hydrogens (tertiary/aromatic N) is 5. The van der Waals surface area contributed by atoms with Crippen molar-refractivity contribution in [2.45, 2.75) is 72.3 Å². The molecule has 8 heteroatoms. The minimum Gasteiger partial charge on any atom is -0.353 e. The van der Waals surface area contributed by atoms with Gasteiger partial charge in [0.1, 0.15) is 11.6 Å². The van der Waals surface area contributed by atoms with Crippen LogP contribution in [-0.4, -0.2) is 49.6 Å². The summed E-state index contributed by atoms with van der Waals surface area (Å²) in [5, 5.41) is 13.4. The lowest BCUT2D eigenvalue weighted by molar-refractivity contribution is -0.128. The molecule has 2 aliphatic rings. The number of carbonyl (C=O) groups is 2. The fourth-order valence-corrected chi connectivity index (χ4v) is 5.36. The molecule has 0 unspecified atom stereocenters. The van der Waals surface area contributed by atoms with Gasteiger partial charge in [0, 0.05) is 50.4 Å². The van der Waals surface area contributed by atoms with Crippen LogP contribution in [0.5, 0.6) is 0 Å². The minimum atomic E-state index is -0.324. The number of ketones is 1. The highest BCUT2D eigenvalue weighted by Gasteiger charge is 2.44. The van der Waals surface area contributed by atoms with Crippen LogP contribution >= 0.6 is 0 Å². The number of carbonyl (C=O) groups excluding carboxylic acids is 2. The summed E-state index contributed by atoms with van der Waals surface area (Å²) in [7, 11) is 0. The number of likely N-dealkylation sites (tertiary alicyclic amines) is 1. The van der Waals surface area contributed by atoms with Crippen LogP contribution in [0.25, 0.3) is 11.6 Å². The molecule has 1 aromatic carbocycles. The van der Waals surface area contributed by atoms with Crippen LogP contribution in [-0.2, 0) is 22.4 Å². The Kier molecular flexibility index (Phi) is 6.53. The van der Waals surface area contributed by atoms with Gasteiger partial charge in [0.15, 0.2) is 0 Å². The molecular formula is C28H35N5O3. The zero-order valence-electron chi connectivity index (χ0n) is 21.8. The molecule has 0 bridgehead atoms. The number of hydrogen-bond acceptors (Lipinski definition) is 6. The quantitative estimate of drug-likeness (QED) is 0.464. The predicted octanol–water partition coefficient (Wildman–Crippen LogP) is 4.46.